The highest BCUT2D eigenvalue weighted by atomic mass is 14.7. The van der Waals surface area contributed by atoms with Gasteiger partial charge in [0.15, 0.2) is 0 Å². The van der Waals surface area contributed by atoms with Gasteiger partial charge in [-0.25, -0.2) is 0 Å². The van der Waals surface area contributed by atoms with Gasteiger partial charge in [-0.15, -0.1) is 0 Å². The van der Waals surface area contributed by atoms with Crippen LogP contribution in [-0.4, -0.2) is 4.98 Å². The van der Waals surface area contributed by atoms with E-state index in [0.717, 1.165) is 11.3 Å². The van der Waals surface area contributed by atoms with E-state index in [2.05, 4.69) is 11.6 Å². The molecule has 52 valence electrons. The molecule has 0 atom stereocenters. The average molecular weight is 134 g/mol. The number of hydrogen-bond donors (Lipinski definition) is 2. The summed E-state index contributed by atoms with van der Waals surface area (Å²) in [6.45, 7) is 3.65. The van der Waals surface area contributed by atoms with E-state index in [9.17, 15) is 0 Å². The van der Waals surface area contributed by atoms with Crippen LogP contribution in [-0.2, 0) is 0 Å². The van der Waals surface area contributed by atoms with Crippen molar-refractivity contribution in [1.29, 1.82) is 0 Å². The van der Waals surface area contributed by atoms with E-state index in [4.69, 9.17) is 5.73 Å². The first-order valence-corrected chi connectivity index (χ1v) is 3.06. The zero-order valence-corrected chi connectivity index (χ0v) is 5.67. The Kier molecular flexibility index (Phi) is 1.95. The minimum Gasteiger partial charge on any atom is -0.405 e. The molecule has 0 aromatic carbocycles. The predicted octanol–water partition coefficient (Wildman–Crippen LogP) is 1.59. The fourth-order valence-electron chi connectivity index (χ4n) is 0.813. The topological polar surface area (TPSA) is 41.8 Å². The van der Waals surface area contributed by atoms with Crippen molar-refractivity contribution < 1.29 is 0 Å². The van der Waals surface area contributed by atoms with Crippen LogP contribution in [0, 0.1) is 0 Å². The van der Waals surface area contributed by atoms with Crippen molar-refractivity contribution in [2.45, 2.75) is 0 Å². The van der Waals surface area contributed by atoms with Crippen LogP contribution >= 0.6 is 0 Å². The van der Waals surface area contributed by atoms with Crippen molar-refractivity contribution >= 4 is 12.2 Å². The summed E-state index contributed by atoms with van der Waals surface area (Å²) in [5.41, 5.74) is 7.28. The summed E-state index contributed by atoms with van der Waals surface area (Å²) in [5, 5.41) is 0. The Balaban J connectivity index is 3.00. The second-order valence-electron chi connectivity index (χ2n) is 1.91. The number of nitrogens with one attached hydrogen (secondary N) is 1. The van der Waals surface area contributed by atoms with Crippen molar-refractivity contribution in [3.8, 4) is 0 Å². The van der Waals surface area contributed by atoms with E-state index in [1.807, 2.05) is 12.3 Å². The molecule has 0 aliphatic heterocycles. The highest BCUT2D eigenvalue weighted by Gasteiger charge is 1.92. The summed E-state index contributed by atoms with van der Waals surface area (Å²) in [7, 11) is 0. The number of nitrogens with two attached hydrogens (primary N) is 1. The van der Waals surface area contributed by atoms with Gasteiger partial charge >= 0.3 is 0 Å². The molecule has 0 amide bonds. The van der Waals surface area contributed by atoms with Gasteiger partial charge in [0.1, 0.15) is 0 Å². The van der Waals surface area contributed by atoms with Crippen molar-refractivity contribution in [1.82, 2.24) is 4.98 Å². The number of H-pyrrole nitrogens is 1. The zero-order chi connectivity index (χ0) is 7.40. The van der Waals surface area contributed by atoms with E-state index in [-0.39, 0.29) is 0 Å². The first-order valence-electron chi connectivity index (χ1n) is 3.06. The summed E-state index contributed by atoms with van der Waals surface area (Å²) >= 11 is 0. The van der Waals surface area contributed by atoms with E-state index in [1.54, 1.807) is 12.2 Å². The van der Waals surface area contributed by atoms with Gasteiger partial charge in [-0.1, -0.05) is 12.7 Å². The van der Waals surface area contributed by atoms with Crippen molar-refractivity contribution in [3.63, 3.8) is 0 Å². The lowest BCUT2D eigenvalue weighted by Crippen LogP contribution is -1.79. The maximum atomic E-state index is 5.21. The molecular weight excluding hydrogens is 124 g/mol. The van der Waals surface area contributed by atoms with Crippen molar-refractivity contribution in [2.24, 2.45) is 5.73 Å². The zero-order valence-electron chi connectivity index (χ0n) is 5.67. The summed E-state index contributed by atoms with van der Waals surface area (Å²) in [6.07, 6.45) is 6.94. The smallest absolute Gasteiger partial charge is 0.0468 e. The van der Waals surface area contributed by atoms with Crippen LogP contribution in [0.15, 0.2) is 25.0 Å². The Hall–Kier alpha value is -1.44. The summed E-state index contributed by atoms with van der Waals surface area (Å²) in [6, 6.07) is 1.95. The molecular formula is C8H10N2. The second-order valence-corrected chi connectivity index (χ2v) is 1.91. The molecule has 1 rings (SSSR count). The molecule has 0 saturated heterocycles. The van der Waals surface area contributed by atoms with Gasteiger partial charge in [-0.3, -0.25) is 0 Å². The molecule has 2 heteroatoms. The maximum Gasteiger partial charge on any atom is 0.0468 e. The predicted molar refractivity (Wildman–Crippen MR) is 44.1 cm³/mol. The van der Waals surface area contributed by atoms with Crippen LogP contribution < -0.4 is 5.73 Å². The van der Waals surface area contributed by atoms with Gasteiger partial charge in [-0.05, 0) is 23.9 Å². The maximum absolute atomic E-state index is 5.21. The fourth-order valence-corrected chi connectivity index (χ4v) is 0.813. The van der Waals surface area contributed by atoms with Crippen LogP contribution in [0.4, 0.5) is 0 Å². The molecule has 1 aromatic rings. The number of rotatable bonds is 2. The fraction of sp³-hybridized carbons (Fsp3) is 0. The van der Waals surface area contributed by atoms with Crippen LogP contribution in [0.2, 0.25) is 0 Å². The lowest BCUT2D eigenvalue weighted by Gasteiger charge is -1.87. The SMILES string of the molecule is C=Cc1cc[nH]c1/C=C\N. The molecule has 0 spiro atoms. The molecule has 0 radical (unpaired) electrons. The Labute approximate surface area is 60.1 Å². The third-order valence-corrected chi connectivity index (χ3v) is 1.30. The van der Waals surface area contributed by atoms with Crippen molar-refractivity contribution in [3.05, 3.63) is 36.3 Å². The molecule has 0 fully saturated rings. The number of aromatic nitrogens is 1. The van der Waals surface area contributed by atoms with Gasteiger partial charge < -0.3 is 10.7 Å². The van der Waals surface area contributed by atoms with E-state index >= 15 is 0 Å². The van der Waals surface area contributed by atoms with Gasteiger partial charge in [0.25, 0.3) is 0 Å². The first kappa shape index (κ1) is 6.68. The Bertz CT molecular complexity index is 246. The quantitative estimate of drug-likeness (QED) is 0.633. The molecule has 0 aliphatic carbocycles. The van der Waals surface area contributed by atoms with E-state index in [1.165, 1.54) is 6.20 Å². The Morgan fingerprint density at radius 3 is 3.00 bits per heavy atom. The summed E-state index contributed by atoms with van der Waals surface area (Å²) in [5.74, 6) is 0. The second kappa shape index (κ2) is 2.92. The largest absolute Gasteiger partial charge is 0.405 e. The molecule has 0 saturated carbocycles. The number of hydrogen-bond acceptors (Lipinski definition) is 1. The summed E-state index contributed by atoms with van der Waals surface area (Å²) < 4.78 is 0. The minimum atomic E-state index is 0.998. The molecule has 2 nitrogen and oxygen atoms in total. The molecule has 0 aliphatic rings. The van der Waals surface area contributed by atoms with Gasteiger partial charge in [-0.2, -0.15) is 0 Å². The van der Waals surface area contributed by atoms with E-state index < -0.39 is 0 Å². The molecule has 1 heterocycles. The van der Waals surface area contributed by atoms with Crippen LogP contribution in [0.25, 0.3) is 12.2 Å². The van der Waals surface area contributed by atoms with Crippen molar-refractivity contribution in [2.75, 3.05) is 0 Å². The third kappa shape index (κ3) is 1.10. The van der Waals surface area contributed by atoms with Gasteiger partial charge in [0.2, 0.25) is 0 Å². The Morgan fingerprint density at radius 1 is 1.60 bits per heavy atom. The van der Waals surface area contributed by atoms with Gasteiger partial charge in [0, 0.05) is 11.9 Å². The van der Waals surface area contributed by atoms with Crippen LogP contribution in [0.3, 0.4) is 0 Å². The molecule has 0 bridgehead atoms. The lowest BCUT2D eigenvalue weighted by molar-refractivity contribution is 1.37. The average Bonchev–Trinajstić information content (AvgIpc) is 2.36. The molecule has 1 aromatic heterocycles. The lowest BCUT2D eigenvalue weighted by atomic mass is 10.2. The highest BCUT2D eigenvalue weighted by Crippen LogP contribution is 2.08. The van der Waals surface area contributed by atoms with Crippen LogP contribution in [0.5, 0.6) is 0 Å². The van der Waals surface area contributed by atoms with Crippen LogP contribution in [0.1, 0.15) is 11.3 Å². The monoisotopic (exact) mass is 134 g/mol. The standard InChI is InChI=1S/C8H10N2/c1-2-7-4-6-10-8(7)3-5-9/h2-6,10H,1,9H2/b5-3-. The summed E-state index contributed by atoms with van der Waals surface area (Å²) in [4.78, 5) is 3.02. The van der Waals surface area contributed by atoms with E-state index in [0.29, 0.717) is 0 Å². The molecule has 3 N–H and O–H groups in total. The third-order valence-electron chi connectivity index (χ3n) is 1.30. The minimum absolute atomic E-state index is 0.998. The Morgan fingerprint density at radius 2 is 2.40 bits per heavy atom. The number of aromatic amines is 1. The first-order chi connectivity index (χ1) is 4.88. The molecule has 10 heavy (non-hydrogen) atoms. The van der Waals surface area contributed by atoms with Gasteiger partial charge in [0.05, 0.1) is 0 Å². The highest BCUT2D eigenvalue weighted by molar-refractivity contribution is 5.61. The molecule has 0 unspecified atom stereocenters. The normalized spacial score (nSPS) is 10.4.